The first kappa shape index (κ1) is 12.3. The smallest absolute Gasteiger partial charge is 0.202 e. The molecule has 0 aromatic rings. The normalized spacial score (nSPS) is 19.5. The standard InChI is InChI=1S/C7H13F2P.C2H6/c1-2-3-6(4-5-6)7(8,9)10;1-2/h2-5,10H2,1H3;1-2H3. The monoisotopic (exact) mass is 196 g/mol. The summed E-state index contributed by atoms with van der Waals surface area (Å²) in [6, 6.07) is 0. The Balaban J connectivity index is 0.000000561. The molecule has 0 heterocycles. The highest BCUT2D eigenvalue weighted by atomic mass is 31.0. The first-order valence-corrected chi connectivity index (χ1v) is 5.26. The van der Waals surface area contributed by atoms with Crippen molar-refractivity contribution in [3.63, 3.8) is 0 Å². The van der Waals surface area contributed by atoms with Crippen molar-refractivity contribution in [2.75, 3.05) is 0 Å². The van der Waals surface area contributed by atoms with Gasteiger partial charge in [-0.15, -0.1) is 0 Å². The first-order chi connectivity index (χ1) is 5.52. The fraction of sp³-hybridized carbons (Fsp3) is 1.00. The molecule has 0 aromatic heterocycles. The Hall–Kier alpha value is 0.290. The quantitative estimate of drug-likeness (QED) is 0.597. The van der Waals surface area contributed by atoms with Crippen molar-refractivity contribution < 1.29 is 8.78 Å². The molecule has 0 spiro atoms. The summed E-state index contributed by atoms with van der Waals surface area (Å²) in [5.74, 6) is 0. The second-order valence-electron chi connectivity index (χ2n) is 3.15. The molecule has 0 aliphatic heterocycles. The van der Waals surface area contributed by atoms with Gasteiger partial charge in [0.15, 0.2) is 0 Å². The molecule has 1 aliphatic carbocycles. The van der Waals surface area contributed by atoms with Crippen LogP contribution in [0.25, 0.3) is 0 Å². The number of hydrogen-bond donors (Lipinski definition) is 0. The van der Waals surface area contributed by atoms with Crippen molar-refractivity contribution in [1.29, 1.82) is 0 Å². The molecule has 0 nitrogen and oxygen atoms in total. The zero-order valence-electron chi connectivity index (χ0n) is 8.16. The van der Waals surface area contributed by atoms with E-state index in [0.29, 0.717) is 19.3 Å². The minimum absolute atomic E-state index is 0.633. The van der Waals surface area contributed by atoms with E-state index in [0.717, 1.165) is 6.42 Å². The number of hydrogen-bond acceptors (Lipinski definition) is 0. The maximum absolute atomic E-state index is 12.7. The van der Waals surface area contributed by atoms with Gasteiger partial charge in [0.25, 0.3) is 5.66 Å². The molecule has 1 saturated carbocycles. The summed E-state index contributed by atoms with van der Waals surface area (Å²) in [6.07, 6.45) is 2.95. The van der Waals surface area contributed by atoms with E-state index in [1.54, 1.807) is 9.24 Å². The van der Waals surface area contributed by atoms with Crippen LogP contribution in [-0.4, -0.2) is 5.66 Å². The molecule has 1 aliphatic rings. The second-order valence-corrected chi connectivity index (χ2v) is 3.88. The zero-order chi connectivity index (χ0) is 9.83. The van der Waals surface area contributed by atoms with E-state index in [1.807, 2.05) is 20.8 Å². The lowest BCUT2D eigenvalue weighted by atomic mass is 10.0. The molecule has 3 heteroatoms. The Bertz CT molecular complexity index is 125. The van der Waals surface area contributed by atoms with E-state index in [9.17, 15) is 8.78 Å². The SMILES string of the molecule is CC.CCCC1(C(F)(F)P)CC1. The summed E-state index contributed by atoms with van der Waals surface area (Å²) in [5.41, 5.74) is -3.16. The predicted molar refractivity (Wildman–Crippen MR) is 52.6 cm³/mol. The van der Waals surface area contributed by atoms with E-state index in [2.05, 4.69) is 0 Å². The predicted octanol–water partition coefficient (Wildman–Crippen LogP) is 4.06. The van der Waals surface area contributed by atoms with E-state index in [4.69, 9.17) is 0 Å². The van der Waals surface area contributed by atoms with Crippen LogP contribution < -0.4 is 0 Å². The van der Waals surface area contributed by atoms with Gasteiger partial charge in [0, 0.05) is 5.41 Å². The molecule has 1 unspecified atom stereocenters. The van der Waals surface area contributed by atoms with E-state index in [1.165, 1.54) is 0 Å². The lowest BCUT2D eigenvalue weighted by molar-refractivity contribution is 0.0159. The zero-order valence-corrected chi connectivity index (χ0v) is 9.32. The van der Waals surface area contributed by atoms with Crippen LogP contribution in [0.4, 0.5) is 8.78 Å². The molecule has 1 atom stereocenters. The molecule has 1 fully saturated rings. The molecule has 0 amide bonds. The van der Waals surface area contributed by atoms with Gasteiger partial charge in [-0.1, -0.05) is 36.4 Å². The van der Waals surface area contributed by atoms with Gasteiger partial charge in [0.05, 0.1) is 0 Å². The minimum atomic E-state index is -2.52. The van der Waals surface area contributed by atoms with Crippen LogP contribution in [-0.2, 0) is 0 Å². The maximum Gasteiger partial charge on any atom is 0.264 e. The van der Waals surface area contributed by atoms with Crippen molar-refractivity contribution in [1.82, 2.24) is 0 Å². The van der Waals surface area contributed by atoms with Gasteiger partial charge >= 0.3 is 0 Å². The van der Waals surface area contributed by atoms with Crippen molar-refractivity contribution >= 4 is 9.24 Å². The molecule has 0 aromatic carbocycles. The molecule has 12 heavy (non-hydrogen) atoms. The molecule has 0 N–H and O–H groups in total. The summed E-state index contributed by atoms with van der Waals surface area (Å²) >= 11 is 0. The van der Waals surface area contributed by atoms with E-state index in [-0.39, 0.29) is 0 Å². The topological polar surface area (TPSA) is 0 Å². The van der Waals surface area contributed by atoms with Crippen LogP contribution in [0.15, 0.2) is 0 Å². The van der Waals surface area contributed by atoms with Crippen LogP contribution >= 0.6 is 9.24 Å². The van der Waals surface area contributed by atoms with Gasteiger partial charge in [-0.05, 0) is 19.3 Å². The lowest BCUT2D eigenvalue weighted by Gasteiger charge is -2.21. The van der Waals surface area contributed by atoms with Gasteiger partial charge in [-0.3, -0.25) is 0 Å². The number of halogens is 2. The Labute approximate surface area is 76.3 Å². The van der Waals surface area contributed by atoms with Gasteiger partial charge in [0.1, 0.15) is 0 Å². The molecule has 0 saturated heterocycles. The average Bonchev–Trinajstić information content (AvgIpc) is 2.73. The van der Waals surface area contributed by atoms with Crippen LogP contribution in [0.3, 0.4) is 0 Å². The van der Waals surface area contributed by atoms with Crippen molar-refractivity contribution in [3.05, 3.63) is 0 Å². The van der Waals surface area contributed by atoms with E-state index < -0.39 is 11.1 Å². The van der Waals surface area contributed by atoms with Gasteiger partial charge in [0.2, 0.25) is 0 Å². The maximum atomic E-state index is 12.7. The molecule has 0 radical (unpaired) electrons. The highest BCUT2D eigenvalue weighted by Gasteiger charge is 2.57. The highest BCUT2D eigenvalue weighted by Crippen LogP contribution is 2.62. The fourth-order valence-electron chi connectivity index (χ4n) is 1.38. The number of alkyl halides is 2. The fourth-order valence-corrected chi connectivity index (χ4v) is 1.81. The summed E-state index contributed by atoms with van der Waals surface area (Å²) in [5, 5.41) is 0. The van der Waals surface area contributed by atoms with Gasteiger partial charge in [-0.25, -0.2) is 8.78 Å². The van der Waals surface area contributed by atoms with E-state index >= 15 is 0 Å². The lowest BCUT2D eigenvalue weighted by Crippen LogP contribution is -2.21. The van der Waals surface area contributed by atoms with Crippen molar-refractivity contribution in [2.45, 2.75) is 52.1 Å². The van der Waals surface area contributed by atoms with Crippen molar-refractivity contribution in [2.24, 2.45) is 5.41 Å². The Morgan fingerprint density at radius 3 is 1.83 bits per heavy atom. The summed E-state index contributed by atoms with van der Waals surface area (Å²) in [4.78, 5) is 0. The molecule has 1 rings (SSSR count). The summed E-state index contributed by atoms with van der Waals surface area (Å²) in [6.45, 7) is 5.95. The average molecular weight is 196 g/mol. The molecular formula is C9H19F2P. The Kier molecular flexibility index (Phi) is 4.61. The molecule has 0 bridgehead atoms. The largest absolute Gasteiger partial charge is 0.264 e. The third-order valence-corrected chi connectivity index (χ3v) is 2.90. The second kappa shape index (κ2) is 4.50. The van der Waals surface area contributed by atoms with Crippen molar-refractivity contribution in [3.8, 4) is 0 Å². The molecular weight excluding hydrogens is 177 g/mol. The minimum Gasteiger partial charge on any atom is -0.202 e. The van der Waals surface area contributed by atoms with Gasteiger partial charge in [-0.2, -0.15) is 0 Å². The third kappa shape index (κ3) is 2.65. The van der Waals surface area contributed by atoms with Crippen LogP contribution in [0.5, 0.6) is 0 Å². The Morgan fingerprint density at radius 1 is 1.33 bits per heavy atom. The number of rotatable bonds is 3. The third-order valence-electron chi connectivity index (χ3n) is 2.29. The van der Waals surface area contributed by atoms with Gasteiger partial charge < -0.3 is 0 Å². The van der Waals surface area contributed by atoms with Crippen LogP contribution in [0, 0.1) is 5.41 Å². The highest BCUT2D eigenvalue weighted by molar-refractivity contribution is 7.18. The molecule has 74 valence electrons. The van der Waals surface area contributed by atoms with Crippen LogP contribution in [0.2, 0.25) is 0 Å². The summed E-state index contributed by atoms with van der Waals surface area (Å²) < 4.78 is 25.4. The first-order valence-electron chi connectivity index (χ1n) is 4.68. The summed E-state index contributed by atoms with van der Waals surface area (Å²) in [7, 11) is 1.66. The van der Waals surface area contributed by atoms with Crippen LogP contribution in [0.1, 0.15) is 46.5 Å². The Morgan fingerprint density at radius 2 is 1.75 bits per heavy atom.